The van der Waals surface area contributed by atoms with Crippen LogP contribution in [0.5, 0.6) is 0 Å². The van der Waals surface area contributed by atoms with E-state index in [9.17, 15) is 18.8 Å². The van der Waals surface area contributed by atoms with E-state index in [4.69, 9.17) is 5.73 Å². The summed E-state index contributed by atoms with van der Waals surface area (Å²) in [5.41, 5.74) is 7.94. The Morgan fingerprint density at radius 3 is 2.47 bits per heavy atom. The second kappa shape index (κ2) is 8.14. The number of anilines is 3. The zero-order chi connectivity index (χ0) is 21.3. The highest BCUT2D eigenvalue weighted by Gasteiger charge is 2.31. The Bertz CT molecular complexity index is 984. The van der Waals surface area contributed by atoms with Gasteiger partial charge in [0.05, 0.1) is 5.92 Å². The van der Waals surface area contributed by atoms with Crippen molar-refractivity contribution >= 4 is 34.8 Å². The minimum absolute atomic E-state index is 0.0113. The number of carbonyl (C=O) groups excluding carboxylic acids is 3. The quantitative estimate of drug-likeness (QED) is 0.721. The van der Waals surface area contributed by atoms with Gasteiger partial charge in [0.15, 0.2) is 0 Å². The molecule has 0 radical (unpaired) electrons. The third-order valence-electron chi connectivity index (χ3n) is 5.77. The van der Waals surface area contributed by atoms with E-state index in [0.717, 1.165) is 31.6 Å². The molecule has 2 aliphatic heterocycles. The first kappa shape index (κ1) is 19.9. The Hall–Kier alpha value is -3.42. The van der Waals surface area contributed by atoms with Crippen molar-refractivity contribution in [1.82, 2.24) is 0 Å². The Morgan fingerprint density at radius 2 is 1.80 bits per heavy atom. The van der Waals surface area contributed by atoms with Crippen LogP contribution < -0.4 is 21.3 Å². The molecular weight excluding hydrogens is 387 g/mol. The average molecular weight is 410 g/mol. The molecule has 4 N–H and O–H groups in total. The van der Waals surface area contributed by atoms with Gasteiger partial charge in [-0.25, -0.2) is 4.39 Å². The fourth-order valence-corrected chi connectivity index (χ4v) is 4.08. The minimum atomic E-state index is -0.679. The number of nitrogens with zero attached hydrogens (tertiary/aromatic N) is 1. The molecule has 8 heteroatoms. The molecule has 0 aliphatic carbocycles. The molecule has 3 amide bonds. The van der Waals surface area contributed by atoms with Gasteiger partial charge in [0.25, 0.3) is 0 Å². The first-order valence-corrected chi connectivity index (χ1v) is 9.95. The molecule has 1 fully saturated rings. The molecule has 2 aliphatic rings. The fourth-order valence-electron chi connectivity index (χ4n) is 4.08. The van der Waals surface area contributed by atoms with Crippen molar-refractivity contribution in [3.8, 4) is 0 Å². The van der Waals surface area contributed by atoms with E-state index in [0.29, 0.717) is 16.9 Å². The zero-order valence-electron chi connectivity index (χ0n) is 16.4. The van der Waals surface area contributed by atoms with Crippen molar-refractivity contribution in [2.24, 2.45) is 11.7 Å². The monoisotopic (exact) mass is 410 g/mol. The summed E-state index contributed by atoms with van der Waals surface area (Å²) in [6.45, 7) is 1.51. The Balaban J connectivity index is 1.42. The number of benzene rings is 2. The van der Waals surface area contributed by atoms with Crippen molar-refractivity contribution in [2.75, 3.05) is 28.6 Å². The number of nitrogens with two attached hydrogens (primary N) is 1. The number of hydrogen-bond acceptors (Lipinski definition) is 4. The van der Waals surface area contributed by atoms with Crippen LogP contribution in [0, 0.1) is 11.7 Å². The van der Waals surface area contributed by atoms with Crippen molar-refractivity contribution in [3.63, 3.8) is 0 Å². The van der Waals surface area contributed by atoms with Crippen LogP contribution in [0.2, 0.25) is 0 Å². The number of halogens is 1. The van der Waals surface area contributed by atoms with Crippen LogP contribution in [0.3, 0.4) is 0 Å². The summed E-state index contributed by atoms with van der Waals surface area (Å²) in [5.74, 6) is -2.08. The highest BCUT2D eigenvalue weighted by Crippen LogP contribution is 2.34. The Morgan fingerprint density at radius 1 is 1.10 bits per heavy atom. The topological polar surface area (TPSA) is 105 Å². The molecule has 0 aromatic heterocycles. The lowest BCUT2D eigenvalue weighted by Crippen LogP contribution is -2.38. The molecule has 7 nitrogen and oxygen atoms in total. The zero-order valence-corrected chi connectivity index (χ0v) is 16.4. The number of carbonyl (C=O) groups is 3. The summed E-state index contributed by atoms with van der Waals surface area (Å²) in [7, 11) is 0. The van der Waals surface area contributed by atoms with E-state index in [-0.39, 0.29) is 30.1 Å². The van der Waals surface area contributed by atoms with Crippen molar-refractivity contribution in [3.05, 3.63) is 53.8 Å². The van der Waals surface area contributed by atoms with Gasteiger partial charge in [-0.05, 0) is 54.8 Å². The fraction of sp³-hybridized carbons (Fsp3) is 0.318. The second-order valence-electron chi connectivity index (χ2n) is 7.74. The molecule has 2 aromatic carbocycles. The standard InChI is InChI=1S/C22H23FN4O3/c23-14-1-6-17-18(12-20(28)26-19(17)11-14)22(30)25-15-2-4-16(5-3-15)27-9-7-13(8-10-27)21(24)29/h1-6,11,13,18H,7-10,12H2,(H2,24,29)(H,25,30)(H,26,28). The summed E-state index contributed by atoms with van der Waals surface area (Å²) in [5, 5.41) is 5.46. The van der Waals surface area contributed by atoms with E-state index in [1.165, 1.54) is 18.2 Å². The molecule has 30 heavy (non-hydrogen) atoms. The molecule has 1 saturated heterocycles. The van der Waals surface area contributed by atoms with Gasteiger partial charge in [-0.2, -0.15) is 0 Å². The van der Waals surface area contributed by atoms with Crippen molar-refractivity contribution in [2.45, 2.75) is 25.2 Å². The molecule has 2 heterocycles. The lowest BCUT2D eigenvalue weighted by atomic mass is 9.89. The van der Waals surface area contributed by atoms with Crippen LogP contribution in [0.15, 0.2) is 42.5 Å². The van der Waals surface area contributed by atoms with E-state index in [1.807, 2.05) is 24.3 Å². The minimum Gasteiger partial charge on any atom is -0.371 e. The van der Waals surface area contributed by atoms with E-state index >= 15 is 0 Å². The normalized spacial score (nSPS) is 19.0. The van der Waals surface area contributed by atoms with Crippen LogP contribution in [-0.2, 0) is 14.4 Å². The third-order valence-corrected chi connectivity index (χ3v) is 5.77. The van der Waals surface area contributed by atoms with Crippen LogP contribution in [0.25, 0.3) is 0 Å². The third kappa shape index (κ3) is 4.12. The molecular formula is C22H23FN4O3. The van der Waals surface area contributed by atoms with Gasteiger partial charge >= 0.3 is 0 Å². The van der Waals surface area contributed by atoms with E-state index < -0.39 is 11.7 Å². The van der Waals surface area contributed by atoms with Crippen LogP contribution in [-0.4, -0.2) is 30.8 Å². The highest BCUT2D eigenvalue weighted by molar-refractivity contribution is 6.05. The number of nitrogens with one attached hydrogen (secondary N) is 2. The molecule has 0 bridgehead atoms. The molecule has 1 atom stereocenters. The van der Waals surface area contributed by atoms with Gasteiger partial charge in [-0.1, -0.05) is 6.07 Å². The van der Waals surface area contributed by atoms with Crippen molar-refractivity contribution < 1.29 is 18.8 Å². The first-order valence-electron chi connectivity index (χ1n) is 9.95. The maximum Gasteiger partial charge on any atom is 0.232 e. The number of piperidine rings is 1. The summed E-state index contributed by atoms with van der Waals surface area (Å²) < 4.78 is 13.5. The average Bonchev–Trinajstić information content (AvgIpc) is 2.73. The summed E-state index contributed by atoms with van der Waals surface area (Å²) in [4.78, 5) is 38.2. The summed E-state index contributed by atoms with van der Waals surface area (Å²) >= 11 is 0. The predicted molar refractivity (Wildman–Crippen MR) is 112 cm³/mol. The van der Waals surface area contributed by atoms with Gasteiger partial charge < -0.3 is 21.3 Å². The first-order chi connectivity index (χ1) is 14.4. The SMILES string of the molecule is NC(=O)C1CCN(c2ccc(NC(=O)C3CC(=O)Nc4cc(F)ccc43)cc2)CC1. The molecule has 2 aromatic rings. The molecule has 0 spiro atoms. The molecule has 4 rings (SSSR count). The maximum atomic E-state index is 13.5. The molecule has 156 valence electrons. The number of fused-ring (bicyclic) bond motifs is 1. The van der Waals surface area contributed by atoms with E-state index in [1.54, 1.807) is 0 Å². The van der Waals surface area contributed by atoms with Gasteiger partial charge in [-0.15, -0.1) is 0 Å². The Kier molecular flexibility index (Phi) is 5.39. The summed E-state index contributed by atoms with van der Waals surface area (Å²) in [6.07, 6.45) is 1.48. The number of rotatable bonds is 4. The smallest absolute Gasteiger partial charge is 0.232 e. The van der Waals surface area contributed by atoms with Gasteiger partial charge in [0, 0.05) is 42.5 Å². The number of primary amides is 1. The number of hydrogen-bond donors (Lipinski definition) is 3. The highest BCUT2D eigenvalue weighted by atomic mass is 19.1. The maximum absolute atomic E-state index is 13.5. The van der Waals surface area contributed by atoms with Crippen molar-refractivity contribution in [1.29, 1.82) is 0 Å². The van der Waals surface area contributed by atoms with Gasteiger partial charge in [0.2, 0.25) is 17.7 Å². The molecule has 0 saturated carbocycles. The van der Waals surface area contributed by atoms with Crippen LogP contribution >= 0.6 is 0 Å². The number of amides is 3. The largest absolute Gasteiger partial charge is 0.371 e. The van der Waals surface area contributed by atoms with Crippen LogP contribution in [0.4, 0.5) is 21.5 Å². The predicted octanol–water partition coefficient (Wildman–Crippen LogP) is 2.59. The van der Waals surface area contributed by atoms with Crippen LogP contribution in [0.1, 0.15) is 30.7 Å². The Labute approximate surface area is 173 Å². The molecule has 1 unspecified atom stereocenters. The summed E-state index contributed by atoms with van der Waals surface area (Å²) in [6, 6.07) is 11.5. The lowest BCUT2D eigenvalue weighted by Gasteiger charge is -2.32. The lowest BCUT2D eigenvalue weighted by molar-refractivity contribution is -0.123. The second-order valence-corrected chi connectivity index (χ2v) is 7.74. The van der Waals surface area contributed by atoms with Gasteiger partial charge in [0.1, 0.15) is 5.82 Å². The van der Waals surface area contributed by atoms with E-state index in [2.05, 4.69) is 15.5 Å². The van der Waals surface area contributed by atoms with Gasteiger partial charge in [-0.3, -0.25) is 14.4 Å².